The minimum atomic E-state index is -0.626. The molecule has 0 saturated carbocycles. The van der Waals surface area contributed by atoms with Gasteiger partial charge in [0, 0.05) is 83.1 Å². The second-order valence-corrected chi connectivity index (χ2v) is 20.9. The molecule has 0 aromatic carbocycles. The number of carbonyl (C=O) groups excluding carboxylic acids is 4. The van der Waals surface area contributed by atoms with Gasteiger partial charge in [-0.1, -0.05) is 19.3 Å². The van der Waals surface area contributed by atoms with E-state index in [1.54, 1.807) is 69.6 Å². The lowest BCUT2D eigenvalue weighted by Gasteiger charge is -2.06. The number of ketones is 1. The van der Waals surface area contributed by atoms with Crippen LogP contribution in [0.15, 0.2) is 73.6 Å². The zero-order valence-corrected chi connectivity index (χ0v) is 50.0. The van der Waals surface area contributed by atoms with Crippen molar-refractivity contribution in [2.45, 2.75) is 80.6 Å². The van der Waals surface area contributed by atoms with Gasteiger partial charge in [-0.25, -0.2) is 29.9 Å². The summed E-state index contributed by atoms with van der Waals surface area (Å²) in [6.07, 6.45) is 18.4. The van der Waals surface area contributed by atoms with Gasteiger partial charge >= 0.3 is 0 Å². The van der Waals surface area contributed by atoms with Crippen LogP contribution in [0.1, 0.15) is 82.2 Å². The van der Waals surface area contributed by atoms with Crippen LogP contribution in [0.25, 0.3) is 101 Å². The van der Waals surface area contributed by atoms with Gasteiger partial charge in [-0.05, 0) is 77.4 Å². The molecule has 444 valence electrons. The monoisotopic (exact) mass is 1170 g/mol. The molecule has 12 rings (SSSR count). The average Bonchev–Trinajstić information content (AvgIpc) is 1.91. The van der Waals surface area contributed by atoms with E-state index < -0.39 is 17.7 Å². The van der Waals surface area contributed by atoms with Crippen LogP contribution in [0.5, 0.6) is 0 Å². The Morgan fingerprint density at radius 3 is 1.29 bits per heavy atom. The number of unbranched alkanes of at least 4 members (excludes halogenated alkanes) is 1. The minimum absolute atomic E-state index is 0.00148. The van der Waals surface area contributed by atoms with Crippen LogP contribution in [0.3, 0.4) is 0 Å². The number of hydrogen-bond donors (Lipinski definition) is 3. The molecular formula is C59H64N24O4. The van der Waals surface area contributed by atoms with E-state index in [0.717, 1.165) is 92.0 Å². The summed E-state index contributed by atoms with van der Waals surface area (Å²) < 4.78 is 16.1. The van der Waals surface area contributed by atoms with Crippen molar-refractivity contribution < 1.29 is 19.2 Å². The highest BCUT2D eigenvalue weighted by molar-refractivity contribution is 6.01. The zero-order chi connectivity index (χ0) is 62.3. The molecule has 0 aliphatic carbocycles. The lowest BCUT2D eigenvalue weighted by Crippen LogP contribution is -2.14. The number of aromatic nitrogens is 21. The van der Waals surface area contributed by atoms with Crippen LogP contribution >= 0.6 is 0 Å². The molecule has 0 aliphatic heterocycles. The molecule has 28 nitrogen and oxygen atoms in total. The van der Waals surface area contributed by atoms with Crippen molar-refractivity contribution >= 4 is 56.2 Å². The Labute approximate surface area is 497 Å². The van der Waals surface area contributed by atoms with Gasteiger partial charge in [-0.15, -0.1) is 6.42 Å². The molecule has 0 spiro atoms. The summed E-state index contributed by atoms with van der Waals surface area (Å²) in [6.45, 7) is 13.4. The highest BCUT2D eigenvalue weighted by Crippen LogP contribution is 2.33. The van der Waals surface area contributed by atoms with Gasteiger partial charge < -0.3 is 30.9 Å². The molecule has 0 unspecified atom stereocenters. The van der Waals surface area contributed by atoms with Gasteiger partial charge in [0.2, 0.25) is 0 Å². The van der Waals surface area contributed by atoms with E-state index in [1.165, 1.54) is 6.92 Å². The molecular weight excluding hydrogens is 1110 g/mol. The first-order valence-electron chi connectivity index (χ1n) is 27.7. The highest BCUT2D eigenvalue weighted by Gasteiger charge is 2.25. The van der Waals surface area contributed by atoms with Gasteiger partial charge in [0.1, 0.15) is 57.8 Å². The summed E-state index contributed by atoms with van der Waals surface area (Å²) in [7, 11) is 9.19. The maximum Gasteiger partial charge on any atom is 0.267 e. The Balaban J connectivity index is 0.000000145. The topological polar surface area (TPSA) is 345 Å². The SMILES string of the molecule is C#CCn1nc(C)cc1-c1cn(C)c(-c2nc(C(N)=O)cc3c2cnn3C)n1.CC(=O)Cn1nc(C)cc1-c1cn(C)c(-c2nc(C(N)=O)cc3c2cnn3C)n1.CCCCn1nc(C)cc1-c1cn(C)c(-c2nc(C(N)=O)cc3c2cnn3CC)n1. The van der Waals surface area contributed by atoms with Crippen molar-refractivity contribution in [3.05, 3.63) is 108 Å². The van der Waals surface area contributed by atoms with Gasteiger partial charge in [-0.3, -0.25) is 47.3 Å². The molecule has 12 aromatic heterocycles. The first-order chi connectivity index (χ1) is 41.5. The number of primary amides is 3. The van der Waals surface area contributed by atoms with Crippen LogP contribution in [0, 0.1) is 33.1 Å². The van der Waals surface area contributed by atoms with E-state index >= 15 is 0 Å². The summed E-state index contributed by atoms with van der Waals surface area (Å²) >= 11 is 0. The smallest absolute Gasteiger partial charge is 0.267 e. The molecule has 3 amide bonds. The molecule has 0 aliphatic rings. The molecule has 6 N–H and O–H groups in total. The Morgan fingerprint density at radius 2 is 0.885 bits per heavy atom. The number of rotatable bonds is 16. The molecule has 0 atom stereocenters. The number of nitrogens with zero attached hydrogens (tertiary/aromatic N) is 21. The number of pyridine rings is 3. The number of aryl methyl sites for hydroxylation is 10. The second kappa shape index (κ2) is 23.8. The molecule has 12 heterocycles. The van der Waals surface area contributed by atoms with E-state index in [9.17, 15) is 19.2 Å². The number of carbonyl (C=O) groups is 4. The summed E-state index contributed by atoms with van der Waals surface area (Å²) in [6, 6.07) is 10.8. The fraction of sp³-hybridized carbons (Fsp3) is 0.288. The molecule has 0 bridgehead atoms. The fourth-order valence-electron chi connectivity index (χ4n) is 10.2. The third kappa shape index (κ3) is 11.6. The number of amides is 3. The van der Waals surface area contributed by atoms with Gasteiger partial charge in [0.05, 0.1) is 75.8 Å². The molecule has 87 heavy (non-hydrogen) atoms. The Morgan fingerprint density at radius 1 is 0.506 bits per heavy atom. The van der Waals surface area contributed by atoms with Crippen molar-refractivity contribution in [1.82, 2.24) is 102 Å². The van der Waals surface area contributed by atoms with Crippen molar-refractivity contribution in [2.75, 3.05) is 0 Å². The third-order valence-corrected chi connectivity index (χ3v) is 14.3. The number of imidazole rings is 3. The number of terminal acetylenes is 1. The third-order valence-electron chi connectivity index (χ3n) is 14.3. The Bertz CT molecular complexity index is 4710. The van der Waals surface area contributed by atoms with Gasteiger partial charge in [-0.2, -0.15) is 30.6 Å². The molecule has 0 fully saturated rings. The predicted molar refractivity (Wildman–Crippen MR) is 325 cm³/mol. The lowest BCUT2D eigenvalue weighted by atomic mass is 10.2. The Hall–Kier alpha value is -11.2. The highest BCUT2D eigenvalue weighted by atomic mass is 16.2. The quantitative estimate of drug-likeness (QED) is 0.102. The molecule has 28 heteroatoms. The summed E-state index contributed by atoms with van der Waals surface area (Å²) in [5, 5.41) is 28.7. The van der Waals surface area contributed by atoms with E-state index in [1.807, 2.05) is 109 Å². The maximum atomic E-state index is 11.9. The number of hydrogen-bond acceptors (Lipinski definition) is 16. The van der Waals surface area contributed by atoms with E-state index in [0.29, 0.717) is 59.0 Å². The van der Waals surface area contributed by atoms with E-state index in [2.05, 4.69) is 58.4 Å². The predicted octanol–water partition coefficient (Wildman–Crippen LogP) is 5.42. The molecule has 12 aromatic rings. The standard InChI is InChI=1S/C21H26N8O.C19H20N8O2.C19H18N8O/c1-5-7-8-29-18(9-13(3)26-29)16-12-27(4)21(25-16)19-14-11-23-28(6-2)17(14)10-15(24-19)20(22)30;1-10-5-16(27(24-10)8-11(2)28)14-9-25(3)19(23-14)17-12-7-21-26(4)15(12)6-13(22-17)18(20)29;1-5-6-27-16(7-11(2)24-27)14-10-25(3)19(23-14)17-12-9-21-26(4)15(12)8-13(22-17)18(20)28/h9-12H,5-8H2,1-4H3,(H2,22,30);5-7,9H,8H2,1-4H3,(H2,20,29);1,7-10H,6H2,2-4H3,(H2,20,28). The van der Waals surface area contributed by atoms with Gasteiger partial charge in [0.15, 0.2) is 23.3 Å². The van der Waals surface area contributed by atoms with Crippen LogP contribution in [0.4, 0.5) is 0 Å². The first-order valence-corrected chi connectivity index (χ1v) is 27.7. The zero-order valence-electron chi connectivity index (χ0n) is 50.0. The van der Waals surface area contributed by atoms with Crippen LogP contribution in [0.2, 0.25) is 0 Å². The molecule has 0 saturated heterocycles. The maximum absolute atomic E-state index is 11.9. The van der Waals surface area contributed by atoms with Crippen molar-refractivity contribution in [2.24, 2.45) is 52.4 Å². The minimum Gasteiger partial charge on any atom is -0.364 e. The average molecular weight is 1170 g/mol. The van der Waals surface area contributed by atoms with Crippen molar-refractivity contribution in [3.63, 3.8) is 0 Å². The largest absolute Gasteiger partial charge is 0.364 e. The number of Topliss-reactive ketones (excluding diaryl/α,β-unsaturated/α-hetero) is 1. The van der Waals surface area contributed by atoms with Crippen molar-refractivity contribution in [1.29, 1.82) is 0 Å². The van der Waals surface area contributed by atoms with E-state index in [4.69, 9.17) is 38.6 Å². The van der Waals surface area contributed by atoms with Crippen molar-refractivity contribution in [3.8, 4) is 81.1 Å². The van der Waals surface area contributed by atoms with E-state index in [-0.39, 0.29) is 29.4 Å². The molecule has 0 radical (unpaired) electrons. The first kappa shape index (κ1) is 58.9. The van der Waals surface area contributed by atoms with Crippen LogP contribution in [-0.2, 0) is 66.2 Å². The van der Waals surface area contributed by atoms with Crippen LogP contribution in [-0.4, -0.2) is 126 Å². The summed E-state index contributed by atoms with van der Waals surface area (Å²) in [5.74, 6) is 2.57. The van der Waals surface area contributed by atoms with Crippen LogP contribution < -0.4 is 17.2 Å². The number of nitrogens with two attached hydrogens (primary N) is 3. The fourth-order valence-corrected chi connectivity index (χ4v) is 10.2. The second-order valence-electron chi connectivity index (χ2n) is 20.9. The van der Waals surface area contributed by atoms with Gasteiger partial charge in [0.25, 0.3) is 17.7 Å². The summed E-state index contributed by atoms with van der Waals surface area (Å²) in [5.41, 5.74) is 28.2. The summed E-state index contributed by atoms with van der Waals surface area (Å²) in [4.78, 5) is 74.8. The normalized spacial score (nSPS) is 11.3. The number of fused-ring (bicyclic) bond motifs is 3. The lowest BCUT2D eigenvalue weighted by molar-refractivity contribution is -0.117. The Kier molecular flexibility index (Phi) is 16.1.